The van der Waals surface area contributed by atoms with E-state index in [4.69, 9.17) is 13.9 Å². The second-order valence-corrected chi connectivity index (χ2v) is 6.95. The Kier molecular flexibility index (Phi) is 7.41. The number of para-hydroxylation sites is 1. The predicted octanol–water partition coefficient (Wildman–Crippen LogP) is 3.25. The molecular formula is C20H23N3O4S. The van der Waals surface area contributed by atoms with Gasteiger partial charge in [0.25, 0.3) is 5.91 Å². The van der Waals surface area contributed by atoms with Crippen LogP contribution in [0.25, 0.3) is 11.0 Å². The van der Waals surface area contributed by atoms with Crippen molar-refractivity contribution in [2.24, 2.45) is 0 Å². The lowest BCUT2D eigenvalue weighted by Gasteiger charge is -2.21. The van der Waals surface area contributed by atoms with Gasteiger partial charge in [0.1, 0.15) is 5.58 Å². The summed E-state index contributed by atoms with van der Waals surface area (Å²) in [5.41, 5.74) is 1.53. The Morgan fingerprint density at radius 2 is 1.75 bits per heavy atom. The molecule has 148 valence electrons. The fourth-order valence-corrected chi connectivity index (χ4v) is 3.60. The minimum absolute atomic E-state index is 0.171. The van der Waals surface area contributed by atoms with E-state index in [1.54, 1.807) is 37.6 Å². The Bertz CT molecular complexity index is 893. The molecule has 3 rings (SSSR count). The summed E-state index contributed by atoms with van der Waals surface area (Å²) in [4.78, 5) is 23.4. The maximum absolute atomic E-state index is 13.2. The molecule has 0 unspecified atom stereocenters. The monoisotopic (exact) mass is 401 g/mol. The van der Waals surface area contributed by atoms with E-state index in [9.17, 15) is 4.79 Å². The van der Waals surface area contributed by atoms with Crippen molar-refractivity contribution in [3.05, 3.63) is 54.0 Å². The van der Waals surface area contributed by atoms with Crippen LogP contribution in [0.15, 0.2) is 52.3 Å². The number of benzene rings is 1. The van der Waals surface area contributed by atoms with E-state index < -0.39 is 0 Å². The smallest absolute Gasteiger partial charge is 0.290 e. The SMILES string of the molecule is COCCN(CCOC)C(=O)c1oc2ccccc2c1CSc1ncccn1. The molecule has 0 radical (unpaired) electrons. The zero-order valence-corrected chi connectivity index (χ0v) is 16.8. The summed E-state index contributed by atoms with van der Waals surface area (Å²) in [6, 6.07) is 9.44. The van der Waals surface area contributed by atoms with Gasteiger partial charge in [0, 0.05) is 56.4 Å². The van der Waals surface area contributed by atoms with Gasteiger partial charge >= 0.3 is 0 Å². The number of furan rings is 1. The number of aromatic nitrogens is 2. The van der Waals surface area contributed by atoms with E-state index in [0.717, 1.165) is 10.9 Å². The number of carbonyl (C=O) groups is 1. The molecule has 2 heterocycles. The van der Waals surface area contributed by atoms with E-state index >= 15 is 0 Å². The van der Waals surface area contributed by atoms with Crippen molar-refractivity contribution in [3.8, 4) is 0 Å². The van der Waals surface area contributed by atoms with Crippen LogP contribution in [0, 0.1) is 0 Å². The van der Waals surface area contributed by atoms with Crippen molar-refractivity contribution in [1.29, 1.82) is 0 Å². The van der Waals surface area contributed by atoms with Gasteiger partial charge in [-0.1, -0.05) is 30.0 Å². The summed E-state index contributed by atoms with van der Waals surface area (Å²) in [5.74, 6) is 0.705. The molecule has 0 aliphatic rings. The highest BCUT2D eigenvalue weighted by atomic mass is 32.2. The fourth-order valence-electron chi connectivity index (χ4n) is 2.77. The average Bonchev–Trinajstić information content (AvgIpc) is 3.11. The highest BCUT2D eigenvalue weighted by Crippen LogP contribution is 2.31. The van der Waals surface area contributed by atoms with Crippen molar-refractivity contribution in [1.82, 2.24) is 14.9 Å². The van der Waals surface area contributed by atoms with Crippen molar-refractivity contribution < 1.29 is 18.7 Å². The van der Waals surface area contributed by atoms with Crippen LogP contribution in [-0.2, 0) is 15.2 Å². The fraction of sp³-hybridized carbons (Fsp3) is 0.350. The lowest BCUT2D eigenvalue weighted by molar-refractivity contribution is 0.0599. The van der Waals surface area contributed by atoms with Crippen LogP contribution in [0.1, 0.15) is 16.1 Å². The van der Waals surface area contributed by atoms with E-state index in [0.29, 0.717) is 48.6 Å². The summed E-state index contributed by atoms with van der Waals surface area (Å²) in [7, 11) is 3.23. The van der Waals surface area contributed by atoms with Crippen LogP contribution in [0.4, 0.5) is 0 Å². The molecule has 7 nitrogen and oxygen atoms in total. The summed E-state index contributed by atoms with van der Waals surface area (Å²) >= 11 is 1.47. The zero-order valence-electron chi connectivity index (χ0n) is 16.0. The Balaban J connectivity index is 1.90. The topological polar surface area (TPSA) is 77.7 Å². The third-order valence-electron chi connectivity index (χ3n) is 4.20. The molecule has 0 saturated heterocycles. The Morgan fingerprint density at radius 3 is 2.43 bits per heavy atom. The third kappa shape index (κ3) is 4.89. The Morgan fingerprint density at radius 1 is 1.07 bits per heavy atom. The molecule has 8 heteroatoms. The second kappa shape index (κ2) is 10.2. The number of methoxy groups -OCH3 is 2. The van der Waals surface area contributed by atoms with Crippen LogP contribution in [-0.4, -0.2) is 61.3 Å². The number of thioether (sulfide) groups is 1. The summed E-state index contributed by atoms with van der Waals surface area (Å²) < 4.78 is 16.3. The molecule has 0 fully saturated rings. The van der Waals surface area contributed by atoms with E-state index in [1.165, 1.54) is 11.8 Å². The van der Waals surface area contributed by atoms with Gasteiger partial charge in [-0.15, -0.1) is 0 Å². The van der Waals surface area contributed by atoms with Crippen LogP contribution >= 0.6 is 11.8 Å². The molecular weight excluding hydrogens is 378 g/mol. The molecule has 0 spiro atoms. The van der Waals surface area contributed by atoms with Crippen LogP contribution < -0.4 is 0 Å². The molecule has 1 amide bonds. The van der Waals surface area contributed by atoms with Crippen LogP contribution in [0.3, 0.4) is 0 Å². The number of fused-ring (bicyclic) bond motifs is 1. The standard InChI is InChI=1S/C20H23N3O4S/c1-25-12-10-23(11-13-26-2)19(24)18-16(14-28-20-21-8-5-9-22-20)15-6-3-4-7-17(15)27-18/h3-9H,10-14H2,1-2H3. The predicted molar refractivity (Wildman–Crippen MR) is 107 cm³/mol. The first kappa shape index (κ1) is 20.3. The first-order chi connectivity index (χ1) is 13.7. The molecule has 3 aromatic rings. The molecule has 0 aliphatic heterocycles. The molecule has 28 heavy (non-hydrogen) atoms. The molecule has 0 saturated carbocycles. The zero-order chi connectivity index (χ0) is 19.8. The number of hydrogen-bond donors (Lipinski definition) is 0. The van der Waals surface area contributed by atoms with Crippen molar-refractivity contribution in [2.75, 3.05) is 40.5 Å². The second-order valence-electron chi connectivity index (χ2n) is 6.00. The average molecular weight is 401 g/mol. The van der Waals surface area contributed by atoms with Gasteiger partial charge in [0.2, 0.25) is 0 Å². The minimum atomic E-state index is -0.171. The van der Waals surface area contributed by atoms with Crippen molar-refractivity contribution in [3.63, 3.8) is 0 Å². The highest BCUT2D eigenvalue weighted by Gasteiger charge is 2.25. The third-order valence-corrected chi connectivity index (χ3v) is 5.10. The quantitative estimate of drug-likeness (QED) is 0.381. The van der Waals surface area contributed by atoms with Crippen LogP contribution in [0.5, 0.6) is 0 Å². The van der Waals surface area contributed by atoms with Gasteiger partial charge in [0.15, 0.2) is 10.9 Å². The lowest BCUT2D eigenvalue weighted by atomic mass is 10.1. The van der Waals surface area contributed by atoms with E-state index in [-0.39, 0.29) is 5.91 Å². The van der Waals surface area contributed by atoms with Crippen molar-refractivity contribution >= 4 is 28.6 Å². The normalized spacial score (nSPS) is 11.1. The number of amides is 1. The maximum Gasteiger partial charge on any atom is 0.290 e. The van der Waals surface area contributed by atoms with Gasteiger partial charge in [-0.2, -0.15) is 0 Å². The number of hydrogen-bond acceptors (Lipinski definition) is 7. The summed E-state index contributed by atoms with van der Waals surface area (Å²) in [5, 5.41) is 1.58. The first-order valence-corrected chi connectivity index (χ1v) is 9.90. The van der Waals surface area contributed by atoms with Crippen molar-refractivity contribution in [2.45, 2.75) is 10.9 Å². The number of carbonyl (C=O) groups excluding carboxylic acids is 1. The van der Waals surface area contributed by atoms with Gasteiger partial charge in [-0.05, 0) is 12.1 Å². The molecule has 0 bridgehead atoms. The number of ether oxygens (including phenoxy) is 2. The molecule has 1 aromatic carbocycles. The van der Waals surface area contributed by atoms with E-state index in [2.05, 4.69) is 9.97 Å². The lowest BCUT2D eigenvalue weighted by Crippen LogP contribution is -2.36. The number of rotatable bonds is 10. The Hall–Kier alpha value is -2.42. The minimum Gasteiger partial charge on any atom is -0.451 e. The van der Waals surface area contributed by atoms with Gasteiger partial charge in [-0.3, -0.25) is 4.79 Å². The van der Waals surface area contributed by atoms with Gasteiger partial charge in [-0.25, -0.2) is 9.97 Å². The maximum atomic E-state index is 13.2. The number of nitrogens with zero attached hydrogens (tertiary/aromatic N) is 3. The Labute approximate surface area is 168 Å². The van der Waals surface area contributed by atoms with Gasteiger partial charge < -0.3 is 18.8 Å². The van der Waals surface area contributed by atoms with Gasteiger partial charge in [0.05, 0.1) is 13.2 Å². The molecule has 0 aliphatic carbocycles. The first-order valence-electron chi connectivity index (χ1n) is 8.92. The largest absolute Gasteiger partial charge is 0.451 e. The van der Waals surface area contributed by atoms with Crippen LogP contribution in [0.2, 0.25) is 0 Å². The summed E-state index contributed by atoms with van der Waals surface area (Å²) in [6.07, 6.45) is 3.40. The molecule has 0 N–H and O–H groups in total. The highest BCUT2D eigenvalue weighted by molar-refractivity contribution is 7.98. The molecule has 0 atom stereocenters. The molecule has 2 aromatic heterocycles. The van der Waals surface area contributed by atoms with E-state index in [1.807, 2.05) is 24.3 Å². The summed E-state index contributed by atoms with van der Waals surface area (Å²) in [6.45, 7) is 1.81.